The molecule has 2 aromatic carbocycles. The molecule has 0 saturated carbocycles. The number of halogens is 2. The first-order valence-electron chi connectivity index (χ1n) is 7.71. The van der Waals surface area contributed by atoms with Gasteiger partial charge in [-0.3, -0.25) is 4.79 Å². The number of aromatic nitrogens is 1. The van der Waals surface area contributed by atoms with Crippen molar-refractivity contribution < 1.29 is 18.3 Å². The van der Waals surface area contributed by atoms with Crippen molar-refractivity contribution in [2.75, 3.05) is 12.4 Å². The Balaban J connectivity index is 1.92. The molecule has 1 aromatic heterocycles. The molecule has 25 heavy (non-hydrogen) atoms. The molecule has 0 aliphatic carbocycles. The van der Waals surface area contributed by atoms with Crippen molar-refractivity contribution in [3.8, 4) is 11.5 Å². The van der Waals surface area contributed by atoms with E-state index >= 15 is 0 Å². The lowest BCUT2D eigenvalue weighted by molar-refractivity contribution is -0.125. The minimum atomic E-state index is -0.508. The summed E-state index contributed by atoms with van der Waals surface area (Å²) in [6, 6.07) is 9.43. The van der Waals surface area contributed by atoms with Crippen LogP contribution in [0.4, 0.5) is 10.1 Å². The second kappa shape index (κ2) is 7.33. The molecule has 0 radical (unpaired) electrons. The van der Waals surface area contributed by atoms with Crippen molar-refractivity contribution in [2.24, 2.45) is 0 Å². The quantitative estimate of drug-likeness (QED) is 0.663. The maximum atomic E-state index is 13.5. The standard InChI is InChI=1S/C18H16BrFN2O3/c1-3-15(24-2)17(23)21-11-5-7-16-14(9-11)22-18(25-16)12-8-10(20)4-6-13(12)19/h4-9,15H,3H2,1-2H3,(H,21,23). The Morgan fingerprint density at radius 2 is 2.16 bits per heavy atom. The number of methoxy groups -OCH3 is 1. The van der Waals surface area contributed by atoms with Crippen molar-refractivity contribution in [1.82, 2.24) is 4.98 Å². The van der Waals surface area contributed by atoms with Gasteiger partial charge in [0.25, 0.3) is 5.91 Å². The van der Waals surface area contributed by atoms with E-state index in [0.717, 1.165) is 0 Å². The number of hydrogen-bond acceptors (Lipinski definition) is 4. The van der Waals surface area contributed by atoms with E-state index in [1.54, 1.807) is 24.3 Å². The van der Waals surface area contributed by atoms with Crippen LogP contribution >= 0.6 is 15.9 Å². The van der Waals surface area contributed by atoms with E-state index < -0.39 is 6.10 Å². The van der Waals surface area contributed by atoms with E-state index in [4.69, 9.17) is 9.15 Å². The molecule has 3 rings (SSSR count). The number of carbonyl (C=O) groups excluding carboxylic acids is 1. The van der Waals surface area contributed by atoms with Crippen molar-refractivity contribution in [1.29, 1.82) is 0 Å². The van der Waals surface area contributed by atoms with Crippen molar-refractivity contribution >= 4 is 38.6 Å². The molecule has 0 spiro atoms. The van der Waals surface area contributed by atoms with Crippen LogP contribution in [-0.2, 0) is 9.53 Å². The Kier molecular flexibility index (Phi) is 5.15. The monoisotopic (exact) mass is 406 g/mol. The number of oxazole rings is 1. The Labute approximate surface area is 152 Å². The molecular formula is C18H16BrFN2O3. The number of rotatable bonds is 5. The summed E-state index contributed by atoms with van der Waals surface area (Å²) in [6.45, 7) is 1.87. The molecule has 1 unspecified atom stereocenters. The van der Waals surface area contributed by atoms with Crippen LogP contribution in [0.2, 0.25) is 0 Å². The predicted molar refractivity (Wildman–Crippen MR) is 96.8 cm³/mol. The summed E-state index contributed by atoms with van der Waals surface area (Å²) in [5.41, 5.74) is 2.22. The molecule has 0 aliphatic heterocycles. The van der Waals surface area contributed by atoms with Gasteiger partial charge in [0.2, 0.25) is 5.89 Å². The van der Waals surface area contributed by atoms with E-state index in [9.17, 15) is 9.18 Å². The van der Waals surface area contributed by atoms with Gasteiger partial charge in [-0.2, -0.15) is 0 Å². The fraction of sp³-hybridized carbons (Fsp3) is 0.222. The summed E-state index contributed by atoms with van der Waals surface area (Å²) in [5.74, 6) is -0.298. The lowest BCUT2D eigenvalue weighted by atomic mass is 10.2. The summed E-state index contributed by atoms with van der Waals surface area (Å²) in [7, 11) is 1.50. The summed E-state index contributed by atoms with van der Waals surface area (Å²) >= 11 is 3.37. The summed E-state index contributed by atoms with van der Waals surface area (Å²) in [5, 5.41) is 2.79. The number of nitrogens with zero attached hydrogens (tertiary/aromatic N) is 1. The van der Waals surface area contributed by atoms with Gasteiger partial charge >= 0.3 is 0 Å². The van der Waals surface area contributed by atoms with Crippen LogP contribution in [0, 0.1) is 5.82 Å². The van der Waals surface area contributed by atoms with Gasteiger partial charge in [0.05, 0.1) is 5.56 Å². The van der Waals surface area contributed by atoms with Gasteiger partial charge < -0.3 is 14.5 Å². The van der Waals surface area contributed by atoms with E-state index in [-0.39, 0.29) is 11.7 Å². The van der Waals surface area contributed by atoms with Crippen LogP contribution in [0.1, 0.15) is 13.3 Å². The van der Waals surface area contributed by atoms with Crippen LogP contribution in [-0.4, -0.2) is 24.1 Å². The molecule has 1 atom stereocenters. The zero-order valence-electron chi connectivity index (χ0n) is 13.7. The van der Waals surface area contributed by atoms with Crippen molar-refractivity contribution in [3.63, 3.8) is 0 Å². The molecule has 1 N–H and O–H groups in total. The van der Waals surface area contributed by atoms with Gasteiger partial charge in [0.15, 0.2) is 5.58 Å². The third-order valence-corrected chi connectivity index (χ3v) is 4.45. The normalized spacial score (nSPS) is 12.3. The molecule has 3 aromatic rings. The second-order valence-corrected chi connectivity index (χ2v) is 6.30. The first kappa shape index (κ1) is 17.6. The van der Waals surface area contributed by atoms with E-state index in [2.05, 4.69) is 26.2 Å². The molecule has 0 fully saturated rings. The number of anilines is 1. The molecule has 1 heterocycles. The predicted octanol–water partition coefficient (Wildman–Crippen LogP) is 4.76. The highest BCUT2D eigenvalue weighted by Gasteiger charge is 2.17. The average Bonchev–Trinajstić information content (AvgIpc) is 3.01. The number of hydrogen-bond donors (Lipinski definition) is 1. The third kappa shape index (κ3) is 3.72. The Bertz CT molecular complexity index is 922. The van der Waals surface area contributed by atoms with Gasteiger partial charge in [-0.15, -0.1) is 0 Å². The first-order chi connectivity index (χ1) is 12.0. The molecule has 5 nitrogen and oxygen atoms in total. The highest BCUT2D eigenvalue weighted by atomic mass is 79.9. The van der Waals surface area contributed by atoms with Gasteiger partial charge in [-0.25, -0.2) is 9.37 Å². The fourth-order valence-electron chi connectivity index (χ4n) is 2.46. The summed E-state index contributed by atoms with van der Waals surface area (Å²) in [4.78, 5) is 16.5. The lowest BCUT2D eigenvalue weighted by Gasteiger charge is -2.12. The molecule has 0 bridgehead atoms. The van der Waals surface area contributed by atoms with Crippen molar-refractivity contribution in [3.05, 3.63) is 46.7 Å². The minimum absolute atomic E-state index is 0.221. The highest BCUT2D eigenvalue weighted by Crippen LogP contribution is 2.31. The number of nitrogens with one attached hydrogen (secondary N) is 1. The zero-order chi connectivity index (χ0) is 18.0. The highest BCUT2D eigenvalue weighted by molar-refractivity contribution is 9.10. The third-order valence-electron chi connectivity index (χ3n) is 3.76. The van der Waals surface area contributed by atoms with Crippen LogP contribution < -0.4 is 5.32 Å². The van der Waals surface area contributed by atoms with Gasteiger partial charge in [-0.05, 0) is 58.7 Å². The Morgan fingerprint density at radius 1 is 1.36 bits per heavy atom. The molecule has 7 heteroatoms. The van der Waals surface area contributed by atoms with Crippen LogP contribution in [0.3, 0.4) is 0 Å². The van der Waals surface area contributed by atoms with E-state index in [0.29, 0.717) is 39.1 Å². The number of ether oxygens (including phenoxy) is 1. The second-order valence-electron chi connectivity index (χ2n) is 5.45. The summed E-state index contributed by atoms with van der Waals surface area (Å²) < 4.78 is 25.0. The van der Waals surface area contributed by atoms with Gasteiger partial charge in [0.1, 0.15) is 17.4 Å². The number of fused-ring (bicyclic) bond motifs is 1. The largest absolute Gasteiger partial charge is 0.436 e. The maximum Gasteiger partial charge on any atom is 0.253 e. The SMILES string of the molecule is CCC(OC)C(=O)Nc1ccc2oc(-c3cc(F)ccc3Br)nc2c1. The maximum absolute atomic E-state index is 13.5. The number of benzene rings is 2. The van der Waals surface area contributed by atoms with Gasteiger partial charge in [0, 0.05) is 17.3 Å². The number of amides is 1. The number of carbonyl (C=O) groups is 1. The van der Waals surface area contributed by atoms with Crippen molar-refractivity contribution in [2.45, 2.75) is 19.4 Å². The van der Waals surface area contributed by atoms with Crippen LogP contribution in [0.5, 0.6) is 0 Å². The summed E-state index contributed by atoms with van der Waals surface area (Å²) in [6.07, 6.45) is 0.0681. The Morgan fingerprint density at radius 3 is 2.88 bits per heavy atom. The van der Waals surface area contributed by atoms with E-state index in [1.807, 2.05) is 6.92 Å². The van der Waals surface area contributed by atoms with Gasteiger partial charge in [-0.1, -0.05) is 6.92 Å². The zero-order valence-corrected chi connectivity index (χ0v) is 15.3. The van der Waals surface area contributed by atoms with Crippen LogP contribution in [0.15, 0.2) is 45.3 Å². The lowest BCUT2D eigenvalue weighted by Crippen LogP contribution is -2.28. The average molecular weight is 407 g/mol. The topological polar surface area (TPSA) is 64.4 Å². The molecule has 1 amide bonds. The minimum Gasteiger partial charge on any atom is -0.436 e. The van der Waals surface area contributed by atoms with Crippen LogP contribution in [0.25, 0.3) is 22.6 Å². The fourth-order valence-corrected chi connectivity index (χ4v) is 2.88. The van der Waals surface area contributed by atoms with E-state index in [1.165, 1.54) is 19.2 Å². The molecule has 0 saturated heterocycles. The smallest absolute Gasteiger partial charge is 0.253 e. The first-order valence-corrected chi connectivity index (χ1v) is 8.50. The molecular weight excluding hydrogens is 391 g/mol. The molecule has 0 aliphatic rings. The molecule has 130 valence electrons. The Hall–Kier alpha value is -2.25.